The predicted molar refractivity (Wildman–Crippen MR) is 52.3 cm³/mol. The summed E-state index contributed by atoms with van der Waals surface area (Å²) in [5, 5.41) is 10.5. The summed E-state index contributed by atoms with van der Waals surface area (Å²) in [7, 11) is 0. The van der Waals surface area contributed by atoms with Gasteiger partial charge in [-0.1, -0.05) is 0 Å². The van der Waals surface area contributed by atoms with Crippen LogP contribution in [0.1, 0.15) is 32.1 Å². The van der Waals surface area contributed by atoms with E-state index in [2.05, 4.69) is 11.8 Å². The van der Waals surface area contributed by atoms with Gasteiger partial charge in [-0.25, -0.2) is 0 Å². The number of hydrogen-bond acceptors (Lipinski definition) is 3. The number of hydrogen-bond donors (Lipinski definition) is 2. The van der Waals surface area contributed by atoms with Gasteiger partial charge in [0.1, 0.15) is 0 Å². The van der Waals surface area contributed by atoms with Crippen LogP contribution in [0.25, 0.3) is 0 Å². The molecule has 3 N–H and O–H groups in total. The van der Waals surface area contributed by atoms with Crippen molar-refractivity contribution in [3.8, 4) is 0 Å². The highest BCUT2D eigenvalue weighted by molar-refractivity contribution is 8.00. The number of thioether (sulfide) groups is 1. The zero-order chi connectivity index (χ0) is 8.60. The molecule has 0 aromatic carbocycles. The highest BCUT2D eigenvalue weighted by atomic mass is 32.2. The quantitative estimate of drug-likeness (QED) is 0.681. The van der Waals surface area contributed by atoms with Gasteiger partial charge < -0.3 is 10.8 Å². The van der Waals surface area contributed by atoms with Crippen molar-refractivity contribution in [1.29, 1.82) is 0 Å². The molecule has 2 aliphatic heterocycles. The van der Waals surface area contributed by atoms with Crippen molar-refractivity contribution in [3.63, 3.8) is 0 Å². The summed E-state index contributed by atoms with van der Waals surface area (Å²) in [5.74, 6) is 0. The van der Waals surface area contributed by atoms with Crippen LogP contribution in [0.2, 0.25) is 0 Å². The minimum Gasteiger partial charge on any atom is -0.396 e. The van der Waals surface area contributed by atoms with Gasteiger partial charge in [-0.15, -0.1) is 0 Å². The van der Waals surface area contributed by atoms with Gasteiger partial charge in [-0.3, -0.25) is 0 Å². The van der Waals surface area contributed by atoms with Gasteiger partial charge in [0.15, 0.2) is 0 Å². The van der Waals surface area contributed by atoms with Gasteiger partial charge in [0.25, 0.3) is 0 Å². The number of aliphatic hydroxyl groups is 1. The van der Waals surface area contributed by atoms with E-state index in [1.807, 2.05) is 0 Å². The number of aliphatic hydroxyl groups excluding tert-OH is 1. The van der Waals surface area contributed by atoms with Crippen LogP contribution in [0, 0.1) is 0 Å². The largest absolute Gasteiger partial charge is 0.396 e. The molecule has 2 nitrogen and oxygen atoms in total. The predicted octanol–water partition coefficient (Wildman–Crippen LogP) is 1.12. The first-order valence-electron chi connectivity index (χ1n) is 4.77. The maximum atomic E-state index is 8.89. The Balaban J connectivity index is 2.00. The van der Waals surface area contributed by atoms with Gasteiger partial charge in [-0.05, 0) is 32.1 Å². The third kappa shape index (κ3) is 1.63. The standard InChI is InChI=1S/C9H17NOS/c10-9(3-4-11)5-7-1-2-8(6-9)12-7/h7-8,11H,1-6,10H2. The van der Waals surface area contributed by atoms with E-state index in [4.69, 9.17) is 10.8 Å². The molecular formula is C9H17NOS. The fourth-order valence-corrected chi connectivity index (χ4v) is 4.44. The van der Waals surface area contributed by atoms with Gasteiger partial charge in [0.05, 0.1) is 0 Å². The van der Waals surface area contributed by atoms with E-state index in [1.165, 1.54) is 12.8 Å². The maximum absolute atomic E-state index is 8.89. The minimum absolute atomic E-state index is 0.0359. The lowest BCUT2D eigenvalue weighted by molar-refractivity contribution is 0.223. The Morgan fingerprint density at radius 2 is 1.92 bits per heavy atom. The van der Waals surface area contributed by atoms with Crippen LogP contribution in [-0.2, 0) is 0 Å². The molecule has 0 radical (unpaired) electrons. The maximum Gasteiger partial charge on any atom is 0.0448 e. The van der Waals surface area contributed by atoms with Crippen LogP contribution in [0.4, 0.5) is 0 Å². The molecule has 2 bridgehead atoms. The Kier molecular flexibility index (Phi) is 2.36. The van der Waals surface area contributed by atoms with E-state index in [1.54, 1.807) is 0 Å². The summed E-state index contributed by atoms with van der Waals surface area (Å²) in [6.45, 7) is 0.251. The van der Waals surface area contributed by atoms with E-state index >= 15 is 0 Å². The van der Waals surface area contributed by atoms with Gasteiger partial charge in [-0.2, -0.15) is 11.8 Å². The topological polar surface area (TPSA) is 46.2 Å². The Bertz CT molecular complexity index is 162. The highest BCUT2D eigenvalue weighted by Gasteiger charge is 2.41. The first-order valence-corrected chi connectivity index (χ1v) is 5.71. The highest BCUT2D eigenvalue weighted by Crippen LogP contribution is 2.47. The summed E-state index contributed by atoms with van der Waals surface area (Å²) in [5.41, 5.74) is 6.18. The summed E-state index contributed by atoms with van der Waals surface area (Å²) in [4.78, 5) is 0. The van der Waals surface area contributed by atoms with Crippen molar-refractivity contribution in [2.24, 2.45) is 5.73 Å². The van der Waals surface area contributed by atoms with E-state index in [-0.39, 0.29) is 12.1 Å². The molecule has 0 aromatic rings. The van der Waals surface area contributed by atoms with Crippen LogP contribution in [0.15, 0.2) is 0 Å². The van der Waals surface area contributed by atoms with E-state index < -0.39 is 0 Å². The molecule has 0 saturated carbocycles. The molecular weight excluding hydrogens is 170 g/mol. The number of nitrogens with two attached hydrogens (primary N) is 1. The van der Waals surface area contributed by atoms with E-state index in [0.717, 1.165) is 29.8 Å². The van der Waals surface area contributed by atoms with Gasteiger partial charge >= 0.3 is 0 Å². The summed E-state index contributed by atoms with van der Waals surface area (Å²) < 4.78 is 0. The van der Waals surface area contributed by atoms with Crippen molar-refractivity contribution in [3.05, 3.63) is 0 Å². The van der Waals surface area contributed by atoms with Crippen molar-refractivity contribution in [2.45, 2.75) is 48.1 Å². The van der Waals surface area contributed by atoms with Crippen LogP contribution in [0.3, 0.4) is 0 Å². The molecule has 70 valence electrons. The SMILES string of the molecule is NC1(CCO)CC2CCC(C1)S2. The molecule has 12 heavy (non-hydrogen) atoms. The smallest absolute Gasteiger partial charge is 0.0448 e. The lowest BCUT2D eigenvalue weighted by Gasteiger charge is -2.36. The normalized spacial score (nSPS) is 46.5. The molecule has 2 atom stereocenters. The molecule has 2 unspecified atom stereocenters. The molecule has 2 rings (SSSR count). The molecule has 0 amide bonds. The van der Waals surface area contributed by atoms with E-state index in [9.17, 15) is 0 Å². The first-order chi connectivity index (χ1) is 5.72. The summed E-state index contributed by atoms with van der Waals surface area (Å²) in [6.07, 6.45) is 5.73. The monoisotopic (exact) mass is 187 g/mol. The fourth-order valence-electron chi connectivity index (χ4n) is 2.50. The summed E-state index contributed by atoms with van der Waals surface area (Å²) in [6, 6.07) is 0. The average molecular weight is 187 g/mol. The molecule has 0 spiro atoms. The third-order valence-electron chi connectivity index (χ3n) is 3.07. The fraction of sp³-hybridized carbons (Fsp3) is 1.00. The zero-order valence-corrected chi connectivity index (χ0v) is 8.15. The first kappa shape index (κ1) is 8.85. The average Bonchev–Trinajstić information content (AvgIpc) is 2.31. The van der Waals surface area contributed by atoms with Crippen LogP contribution in [0.5, 0.6) is 0 Å². The Morgan fingerprint density at radius 1 is 1.33 bits per heavy atom. The van der Waals surface area contributed by atoms with Crippen molar-refractivity contribution < 1.29 is 5.11 Å². The van der Waals surface area contributed by atoms with Crippen LogP contribution in [-0.4, -0.2) is 27.8 Å². The van der Waals surface area contributed by atoms with Crippen molar-refractivity contribution in [1.82, 2.24) is 0 Å². The molecule has 2 saturated heterocycles. The molecule has 2 heterocycles. The second-order valence-electron chi connectivity index (χ2n) is 4.20. The molecule has 2 aliphatic rings. The lowest BCUT2D eigenvalue weighted by Crippen LogP contribution is -2.46. The lowest BCUT2D eigenvalue weighted by atomic mass is 9.87. The van der Waals surface area contributed by atoms with Crippen molar-refractivity contribution in [2.75, 3.05) is 6.61 Å². The Hall–Kier alpha value is 0.270. The summed E-state index contributed by atoms with van der Waals surface area (Å²) >= 11 is 2.12. The third-order valence-corrected chi connectivity index (χ3v) is 4.65. The minimum atomic E-state index is -0.0359. The molecule has 0 aliphatic carbocycles. The zero-order valence-electron chi connectivity index (χ0n) is 7.33. The van der Waals surface area contributed by atoms with Crippen LogP contribution >= 0.6 is 11.8 Å². The van der Waals surface area contributed by atoms with E-state index in [0.29, 0.717) is 0 Å². The van der Waals surface area contributed by atoms with Crippen LogP contribution < -0.4 is 5.73 Å². The molecule has 3 heteroatoms. The second kappa shape index (κ2) is 3.20. The Morgan fingerprint density at radius 3 is 2.42 bits per heavy atom. The molecule has 0 aromatic heterocycles. The molecule has 2 fully saturated rings. The number of fused-ring (bicyclic) bond motifs is 2. The van der Waals surface area contributed by atoms with Gasteiger partial charge in [0, 0.05) is 22.6 Å². The van der Waals surface area contributed by atoms with Crippen molar-refractivity contribution >= 4 is 11.8 Å². The second-order valence-corrected chi connectivity index (χ2v) is 5.81. The number of rotatable bonds is 2. The Labute approximate surface area is 77.9 Å². The van der Waals surface area contributed by atoms with Gasteiger partial charge in [0.2, 0.25) is 0 Å².